The molecule has 0 fully saturated rings. The van der Waals surface area contributed by atoms with Crippen molar-refractivity contribution in [1.29, 1.82) is 0 Å². The van der Waals surface area contributed by atoms with Crippen molar-refractivity contribution in [1.82, 2.24) is 0 Å². The normalized spacial score (nSPS) is 10.3. The van der Waals surface area contributed by atoms with Crippen molar-refractivity contribution in [2.75, 3.05) is 24.1 Å². The van der Waals surface area contributed by atoms with Crippen molar-refractivity contribution < 1.29 is 0 Å². The summed E-state index contributed by atoms with van der Waals surface area (Å²) in [6.07, 6.45) is 0. The molecule has 0 aromatic heterocycles. The first-order valence-corrected chi connectivity index (χ1v) is 3.27. The highest BCUT2D eigenvalue weighted by Crippen LogP contribution is 2.17. The molecule has 0 unspecified atom stereocenters. The number of nitrogens with two attached hydrogens (primary N) is 2. The van der Waals surface area contributed by atoms with Crippen LogP contribution < -0.4 is 32.6 Å². The van der Waals surface area contributed by atoms with Gasteiger partial charge < -0.3 is 10.0 Å². The molecule has 4 N–H and O–H groups in total. The Hall–Kier alpha value is -1.40. The molecular weight excluding hydrogens is 160 g/mol. The summed E-state index contributed by atoms with van der Waals surface area (Å²) in [5.41, 5.74) is -0.866. The number of nitrogens with zero attached hydrogens (tertiary/aromatic N) is 2. The third-order valence-corrected chi connectivity index (χ3v) is 1.57. The number of hydrogen-bond donors (Lipinski definition) is 2. The fourth-order valence-corrected chi connectivity index (χ4v) is 1.02. The van der Waals surface area contributed by atoms with Crippen LogP contribution in [0.5, 0.6) is 0 Å². The highest BCUT2D eigenvalue weighted by atomic mass is 16.2. The summed E-state index contributed by atoms with van der Waals surface area (Å²) in [5, 5.41) is 2.17. The summed E-state index contributed by atoms with van der Waals surface area (Å²) in [6, 6.07) is 0. The van der Waals surface area contributed by atoms with Crippen LogP contribution in [0.3, 0.4) is 0 Å². The van der Waals surface area contributed by atoms with Crippen LogP contribution in [0.15, 0.2) is 9.59 Å². The Morgan fingerprint density at radius 2 is 1.17 bits per heavy atom. The molecule has 1 aromatic rings. The maximum atomic E-state index is 10.9. The van der Waals surface area contributed by atoms with Gasteiger partial charge in [-0.3, -0.25) is 9.59 Å². The van der Waals surface area contributed by atoms with Gasteiger partial charge in [0.15, 0.2) is 0 Å². The van der Waals surface area contributed by atoms with Crippen LogP contribution in [-0.2, 0) is 0 Å². The highest BCUT2D eigenvalue weighted by molar-refractivity contribution is 5.74. The van der Waals surface area contributed by atoms with E-state index in [0.29, 0.717) is 0 Å². The standard InChI is InChI=1S/C6H10N4O2/c1-9(7)3-4(10(2)8)6(12)5(3)11/h7-8H2,1-2H3. The van der Waals surface area contributed by atoms with E-state index in [1.165, 1.54) is 14.1 Å². The summed E-state index contributed by atoms with van der Waals surface area (Å²) in [6.45, 7) is 0. The molecule has 0 aliphatic carbocycles. The maximum Gasteiger partial charge on any atom is 0.254 e. The molecule has 0 atom stereocenters. The summed E-state index contributed by atoms with van der Waals surface area (Å²) < 4.78 is 0. The molecule has 0 saturated carbocycles. The lowest BCUT2D eigenvalue weighted by molar-refractivity contribution is 0.938. The summed E-state index contributed by atoms with van der Waals surface area (Å²) in [7, 11) is 2.95. The van der Waals surface area contributed by atoms with E-state index >= 15 is 0 Å². The van der Waals surface area contributed by atoms with Gasteiger partial charge in [0, 0.05) is 14.1 Å². The third-order valence-electron chi connectivity index (χ3n) is 1.57. The van der Waals surface area contributed by atoms with Gasteiger partial charge in [-0.25, -0.2) is 11.7 Å². The van der Waals surface area contributed by atoms with Gasteiger partial charge in [-0.2, -0.15) is 0 Å². The Kier molecular flexibility index (Phi) is 1.87. The molecule has 0 aliphatic rings. The van der Waals surface area contributed by atoms with Gasteiger partial charge in [-0.15, -0.1) is 0 Å². The molecular formula is C6H10N4O2. The largest absolute Gasteiger partial charge is 0.308 e. The first kappa shape index (κ1) is 8.69. The van der Waals surface area contributed by atoms with Gasteiger partial charge in [0.2, 0.25) is 0 Å². The number of anilines is 2. The van der Waals surface area contributed by atoms with E-state index in [9.17, 15) is 9.59 Å². The molecule has 0 amide bonds. The number of hydrogen-bond acceptors (Lipinski definition) is 6. The Morgan fingerprint density at radius 3 is 1.33 bits per heavy atom. The van der Waals surface area contributed by atoms with Crippen LogP contribution in [0.1, 0.15) is 0 Å². The molecule has 6 nitrogen and oxygen atoms in total. The molecule has 1 aromatic carbocycles. The second kappa shape index (κ2) is 2.58. The van der Waals surface area contributed by atoms with E-state index in [1.54, 1.807) is 0 Å². The van der Waals surface area contributed by atoms with Gasteiger partial charge >= 0.3 is 0 Å². The van der Waals surface area contributed by atoms with Crippen LogP contribution in [0.25, 0.3) is 0 Å². The number of rotatable bonds is 2. The minimum absolute atomic E-state index is 0.157. The Balaban J connectivity index is 3.23. The van der Waals surface area contributed by atoms with Crippen molar-refractivity contribution in [3.63, 3.8) is 0 Å². The Morgan fingerprint density at radius 1 is 0.917 bits per heavy atom. The number of hydrazine groups is 2. The summed E-state index contributed by atoms with van der Waals surface area (Å²) in [5.74, 6) is 10.6. The van der Waals surface area contributed by atoms with Crippen LogP contribution >= 0.6 is 0 Å². The Bertz CT molecular complexity index is 326. The quantitative estimate of drug-likeness (QED) is 0.300. The first-order chi connectivity index (χ1) is 5.46. The molecule has 6 heteroatoms. The van der Waals surface area contributed by atoms with Gasteiger partial charge in [-0.05, 0) is 0 Å². The molecule has 1 rings (SSSR count). The predicted molar refractivity (Wildman–Crippen MR) is 46.5 cm³/mol. The van der Waals surface area contributed by atoms with Gasteiger partial charge in [0.05, 0.1) is 0 Å². The zero-order chi connectivity index (χ0) is 9.46. The van der Waals surface area contributed by atoms with E-state index in [4.69, 9.17) is 11.7 Å². The maximum absolute atomic E-state index is 10.9. The van der Waals surface area contributed by atoms with Gasteiger partial charge in [-0.1, -0.05) is 0 Å². The van der Waals surface area contributed by atoms with Crippen molar-refractivity contribution in [2.24, 2.45) is 11.7 Å². The highest BCUT2D eigenvalue weighted by Gasteiger charge is 2.24. The fourth-order valence-electron chi connectivity index (χ4n) is 1.02. The summed E-state index contributed by atoms with van der Waals surface area (Å²) in [4.78, 5) is 21.8. The van der Waals surface area contributed by atoms with E-state index in [2.05, 4.69) is 0 Å². The zero-order valence-electron chi connectivity index (χ0n) is 6.87. The lowest BCUT2D eigenvalue weighted by Crippen LogP contribution is -2.48. The fraction of sp³-hybridized carbons (Fsp3) is 0.333. The van der Waals surface area contributed by atoms with Gasteiger partial charge in [0.25, 0.3) is 10.9 Å². The Labute approximate surface area is 68.6 Å². The second-order valence-corrected chi connectivity index (χ2v) is 2.58. The SMILES string of the molecule is CN(N)c1c(N(C)N)c(=O)c1=O. The average Bonchev–Trinajstić information content (AvgIpc) is 1.96. The molecule has 0 spiro atoms. The first-order valence-electron chi connectivity index (χ1n) is 3.27. The molecule has 12 heavy (non-hydrogen) atoms. The van der Waals surface area contributed by atoms with E-state index in [0.717, 1.165) is 10.0 Å². The lowest BCUT2D eigenvalue weighted by atomic mass is 10.2. The molecule has 0 saturated heterocycles. The minimum atomic E-state index is -0.590. The van der Waals surface area contributed by atoms with E-state index in [1.807, 2.05) is 0 Å². The molecule has 0 bridgehead atoms. The molecule has 66 valence electrons. The van der Waals surface area contributed by atoms with E-state index in [-0.39, 0.29) is 11.4 Å². The average molecular weight is 170 g/mol. The van der Waals surface area contributed by atoms with Crippen LogP contribution in [0, 0.1) is 0 Å². The lowest BCUT2D eigenvalue weighted by Gasteiger charge is -2.21. The van der Waals surface area contributed by atoms with Crippen molar-refractivity contribution in [3.05, 3.63) is 20.4 Å². The minimum Gasteiger partial charge on any atom is -0.308 e. The van der Waals surface area contributed by atoms with Gasteiger partial charge in [0.1, 0.15) is 11.4 Å². The van der Waals surface area contributed by atoms with Crippen molar-refractivity contribution >= 4 is 11.4 Å². The molecule has 0 heterocycles. The second-order valence-electron chi connectivity index (χ2n) is 2.58. The van der Waals surface area contributed by atoms with Crippen LogP contribution in [0.4, 0.5) is 11.4 Å². The van der Waals surface area contributed by atoms with Crippen molar-refractivity contribution in [3.8, 4) is 0 Å². The third kappa shape index (κ3) is 0.973. The monoisotopic (exact) mass is 170 g/mol. The zero-order valence-corrected chi connectivity index (χ0v) is 6.87. The van der Waals surface area contributed by atoms with Crippen molar-refractivity contribution in [2.45, 2.75) is 0 Å². The molecule has 0 radical (unpaired) electrons. The summed E-state index contributed by atoms with van der Waals surface area (Å²) >= 11 is 0. The van der Waals surface area contributed by atoms with Crippen LogP contribution in [-0.4, -0.2) is 14.1 Å². The topological polar surface area (TPSA) is 92.7 Å². The predicted octanol–water partition coefficient (Wildman–Crippen LogP) is -2.10. The smallest absolute Gasteiger partial charge is 0.254 e. The van der Waals surface area contributed by atoms with Crippen LogP contribution in [0.2, 0.25) is 0 Å². The molecule has 0 aliphatic heterocycles. The van der Waals surface area contributed by atoms with E-state index < -0.39 is 10.9 Å².